The van der Waals surface area contributed by atoms with E-state index in [9.17, 15) is 14.7 Å². The number of fused-ring (bicyclic) bond motifs is 1. The van der Waals surface area contributed by atoms with Crippen LogP contribution in [0.25, 0.3) is 11.4 Å². The Labute approximate surface area is 180 Å². The summed E-state index contributed by atoms with van der Waals surface area (Å²) in [6.45, 7) is 3.50. The number of carbonyl (C=O) groups is 2. The molecule has 0 spiro atoms. The largest absolute Gasteiger partial charge is 0.505 e. The van der Waals surface area contributed by atoms with Gasteiger partial charge in [-0.25, -0.2) is 4.98 Å². The maximum atomic E-state index is 13.2. The minimum Gasteiger partial charge on any atom is -0.505 e. The summed E-state index contributed by atoms with van der Waals surface area (Å²) in [6.07, 6.45) is 4.90. The van der Waals surface area contributed by atoms with E-state index in [0.717, 1.165) is 0 Å². The number of carbonyl (C=O) groups excluding carboxylic acids is 2. The molecular formula is C21H16N6O3S. The molecule has 1 fully saturated rings. The second kappa shape index (κ2) is 7.10. The van der Waals surface area contributed by atoms with Crippen LogP contribution in [0.2, 0.25) is 0 Å². The third-order valence-corrected chi connectivity index (χ3v) is 5.93. The number of Topliss-reactive ketones (excluding diaryl/α,β-unsaturated/α-hetero) is 1. The zero-order valence-electron chi connectivity index (χ0n) is 16.6. The van der Waals surface area contributed by atoms with Crippen molar-refractivity contribution in [3.8, 4) is 0 Å². The van der Waals surface area contributed by atoms with Crippen molar-refractivity contribution < 1.29 is 14.7 Å². The molecule has 0 bridgehead atoms. The second-order valence-corrected chi connectivity index (χ2v) is 8.19. The predicted octanol–water partition coefficient (Wildman–Crippen LogP) is 2.82. The zero-order chi connectivity index (χ0) is 21.7. The number of anilines is 1. The Bertz CT molecular complexity index is 1370. The van der Waals surface area contributed by atoms with E-state index in [1.54, 1.807) is 61.1 Å². The highest BCUT2D eigenvalue weighted by Gasteiger charge is 2.48. The lowest BCUT2D eigenvalue weighted by Gasteiger charge is -2.22. The number of imidazole rings is 1. The molecule has 1 aliphatic heterocycles. The molecule has 1 saturated heterocycles. The first-order chi connectivity index (χ1) is 15.0. The van der Waals surface area contributed by atoms with Gasteiger partial charge in [0, 0.05) is 18.6 Å². The van der Waals surface area contributed by atoms with Crippen LogP contribution in [0.1, 0.15) is 28.0 Å². The number of hydrogen-bond acceptors (Lipinski definition) is 8. The highest BCUT2D eigenvalue weighted by molar-refractivity contribution is 7.15. The molecule has 4 aromatic heterocycles. The van der Waals surface area contributed by atoms with Gasteiger partial charge < -0.3 is 5.11 Å². The first-order valence-electron chi connectivity index (χ1n) is 9.42. The number of aliphatic hydroxyl groups is 1. The van der Waals surface area contributed by atoms with Gasteiger partial charge in [0.05, 0.1) is 17.3 Å². The number of aliphatic hydroxyl groups excluding tert-OH is 1. The highest BCUT2D eigenvalue weighted by Crippen LogP contribution is 2.43. The summed E-state index contributed by atoms with van der Waals surface area (Å²) in [5.74, 6) is -1.88. The quantitative estimate of drug-likeness (QED) is 0.301. The Balaban J connectivity index is 1.79. The van der Waals surface area contributed by atoms with Crippen molar-refractivity contribution in [1.29, 1.82) is 0 Å². The number of nitrogens with zero attached hydrogens (tertiary/aromatic N) is 6. The van der Waals surface area contributed by atoms with E-state index in [1.807, 2.05) is 6.07 Å². The van der Waals surface area contributed by atoms with Crippen LogP contribution in [-0.4, -0.2) is 41.4 Å². The number of hydrogen-bond donors (Lipinski definition) is 1. The number of aryl methyl sites for hydroxylation is 2. The van der Waals surface area contributed by atoms with Gasteiger partial charge in [0.2, 0.25) is 5.13 Å². The van der Waals surface area contributed by atoms with Crippen LogP contribution in [0, 0.1) is 13.8 Å². The summed E-state index contributed by atoms with van der Waals surface area (Å²) in [7, 11) is 0. The van der Waals surface area contributed by atoms with E-state index in [2.05, 4.69) is 20.2 Å². The van der Waals surface area contributed by atoms with Crippen molar-refractivity contribution >= 4 is 39.6 Å². The Morgan fingerprint density at radius 3 is 2.68 bits per heavy atom. The van der Waals surface area contributed by atoms with E-state index in [0.29, 0.717) is 27.6 Å². The predicted molar refractivity (Wildman–Crippen MR) is 114 cm³/mol. The van der Waals surface area contributed by atoms with Crippen molar-refractivity contribution in [2.45, 2.75) is 19.9 Å². The highest BCUT2D eigenvalue weighted by atomic mass is 32.1. The number of amides is 1. The van der Waals surface area contributed by atoms with Crippen molar-refractivity contribution in [2.24, 2.45) is 0 Å². The molecular weight excluding hydrogens is 416 g/mol. The van der Waals surface area contributed by atoms with Crippen molar-refractivity contribution in [3.63, 3.8) is 0 Å². The van der Waals surface area contributed by atoms with Crippen molar-refractivity contribution in [3.05, 3.63) is 76.5 Å². The van der Waals surface area contributed by atoms with Gasteiger partial charge in [0.15, 0.2) is 5.76 Å². The molecule has 0 radical (unpaired) electrons. The van der Waals surface area contributed by atoms with Gasteiger partial charge in [-0.2, -0.15) is 0 Å². The Kier molecular flexibility index (Phi) is 4.36. The number of ketones is 1. The Morgan fingerprint density at radius 1 is 1.13 bits per heavy atom. The van der Waals surface area contributed by atoms with E-state index >= 15 is 0 Å². The lowest BCUT2D eigenvalue weighted by molar-refractivity contribution is -0.132. The van der Waals surface area contributed by atoms with Crippen LogP contribution in [-0.2, 0) is 9.59 Å². The van der Waals surface area contributed by atoms with Crippen LogP contribution in [0.4, 0.5) is 5.13 Å². The molecule has 0 aromatic carbocycles. The van der Waals surface area contributed by atoms with Gasteiger partial charge in [0.1, 0.15) is 16.3 Å². The number of pyridine rings is 2. The maximum Gasteiger partial charge on any atom is 0.301 e. The molecule has 1 atom stereocenters. The maximum absolute atomic E-state index is 13.2. The summed E-state index contributed by atoms with van der Waals surface area (Å²) in [5, 5.41) is 20.3. The van der Waals surface area contributed by atoms with Crippen molar-refractivity contribution in [1.82, 2.24) is 24.6 Å². The van der Waals surface area contributed by atoms with Crippen LogP contribution in [0.5, 0.6) is 0 Å². The molecule has 1 aliphatic rings. The smallest absolute Gasteiger partial charge is 0.301 e. The molecule has 9 nitrogen and oxygen atoms in total. The fraction of sp³-hybridized carbons (Fsp3) is 0.143. The van der Waals surface area contributed by atoms with Gasteiger partial charge in [-0.3, -0.25) is 23.9 Å². The Hall–Kier alpha value is -3.92. The summed E-state index contributed by atoms with van der Waals surface area (Å²) in [6, 6.07) is 7.99. The minimum absolute atomic E-state index is 0.0420. The molecule has 154 valence electrons. The van der Waals surface area contributed by atoms with Crippen molar-refractivity contribution in [2.75, 3.05) is 4.90 Å². The topological polar surface area (TPSA) is 114 Å². The van der Waals surface area contributed by atoms with E-state index in [1.165, 1.54) is 16.2 Å². The van der Waals surface area contributed by atoms with E-state index in [-0.39, 0.29) is 16.5 Å². The second-order valence-electron chi connectivity index (χ2n) is 7.03. The first kappa shape index (κ1) is 19.1. The lowest BCUT2D eigenvalue weighted by Crippen LogP contribution is -2.29. The van der Waals surface area contributed by atoms with Gasteiger partial charge in [0.25, 0.3) is 5.78 Å². The fourth-order valence-corrected chi connectivity index (χ4v) is 4.51. The van der Waals surface area contributed by atoms with Gasteiger partial charge in [-0.15, -0.1) is 10.2 Å². The average molecular weight is 432 g/mol. The Morgan fingerprint density at radius 2 is 1.97 bits per heavy atom. The summed E-state index contributed by atoms with van der Waals surface area (Å²) >= 11 is 1.19. The average Bonchev–Trinajstić information content (AvgIpc) is 3.42. The molecule has 5 rings (SSSR count). The SMILES string of the molecule is Cc1nnc(N2C(=O)C(=O)/C(=C(/O)c3c(C)nc4ccccn34)C2c2cccnc2)s1. The van der Waals surface area contributed by atoms with Gasteiger partial charge in [-0.05, 0) is 37.6 Å². The standard InChI is InChI=1S/C21H16N6O3S/c1-11-16(26-9-4-3-7-14(26)23-11)18(28)15-17(13-6-5-8-22-10-13)27(20(30)19(15)29)21-25-24-12(2)31-21/h3-10,17,28H,1-2H3/b18-15+. The molecule has 5 heterocycles. The lowest BCUT2D eigenvalue weighted by atomic mass is 9.97. The molecule has 1 amide bonds. The first-order valence-corrected chi connectivity index (χ1v) is 10.2. The van der Waals surface area contributed by atoms with Crippen LogP contribution in [0.15, 0.2) is 54.5 Å². The molecule has 1 unspecified atom stereocenters. The normalized spacial score (nSPS) is 18.3. The van der Waals surface area contributed by atoms with Crippen LogP contribution >= 0.6 is 11.3 Å². The monoisotopic (exact) mass is 432 g/mol. The fourth-order valence-electron chi connectivity index (χ4n) is 3.79. The third-order valence-electron chi connectivity index (χ3n) is 5.09. The summed E-state index contributed by atoms with van der Waals surface area (Å²) < 4.78 is 1.69. The van der Waals surface area contributed by atoms with Crippen LogP contribution in [0.3, 0.4) is 0 Å². The molecule has 4 aromatic rings. The number of rotatable bonds is 3. The van der Waals surface area contributed by atoms with Gasteiger partial charge in [-0.1, -0.05) is 23.5 Å². The summed E-state index contributed by atoms with van der Waals surface area (Å²) in [4.78, 5) is 36.1. The molecule has 10 heteroatoms. The molecule has 0 saturated carbocycles. The van der Waals surface area contributed by atoms with E-state index < -0.39 is 17.7 Å². The summed E-state index contributed by atoms with van der Waals surface area (Å²) in [5.41, 5.74) is 2.04. The molecule has 1 N–H and O–H groups in total. The molecule has 0 aliphatic carbocycles. The van der Waals surface area contributed by atoms with Gasteiger partial charge >= 0.3 is 5.91 Å². The third kappa shape index (κ3) is 2.91. The molecule has 31 heavy (non-hydrogen) atoms. The minimum atomic E-state index is -0.894. The van der Waals surface area contributed by atoms with Crippen LogP contribution < -0.4 is 4.90 Å². The number of aromatic nitrogens is 5. The zero-order valence-corrected chi connectivity index (χ0v) is 17.4. The van der Waals surface area contributed by atoms with E-state index in [4.69, 9.17) is 0 Å².